The fourth-order valence-corrected chi connectivity index (χ4v) is 2.15. The van der Waals surface area contributed by atoms with Gasteiger partial charge in [0.2, 0.25) is 0 Å². The van der Waals surface area contributed by atoms with Gasteiger partial charge in [-0.05, 0) is 25.3 Å². The molecule has 1 heterocycles. The van der Waals surface area contributed by atoms with Crippen molar-refractivity contribution in [1.82, 2.24) is 0 Å². The monoisotopic (exact) mass is 216 g/mol. The van der Waals surface area contributed by atoms with Crippen molar-refractivity contribution in [3.8, 4) is 5.75 Å². The van der Waals surface area contributed by atoms with Crippen molar-refractivity contribution >= 4 is 5.84 Å². The van der Waals surface area contributed by atoms with Crippen LogP contribution in [0.15, 0.2) is 29.3 Å². The van der Waals surface area contributed by atoms with Gasteiger partial charge in [-0.15, -0.1) is 0 Å². The topological polar surface area (TPSA) is 47.6 Å². The number of hydrogen-bond donors (Lipinski definition) is 1. The van der Waals surface area contributed by atoms with Crippen LogP contribution in [0.3, 0.4) is 0 Å². The molecule has 1 saturated carbocycles. The third-order valence-electron chi connectivity index (χ3n) is 3.19. The lowest BCUT2D eigenvalue weighted by molar-refractivity contribution is 0.282. The van der Waals surface area contributed by atoms with Crippen LogP contribution in [0.1, 0.15) is 30.7 Å². The van der Waals surface area contributed by atoms with Crippen LogP contribution in [-0.2, 0) is 0 Å². The third kappa shape index (κ3) is 1.77. The number of rotatable bonds is 2. The molecule has 0 spiro atoms. The molecule has 3 rings (SSSR count). The highest BCUT2D eigenvalue weighted by atomic mass is 16.5. The number of benzene rings is 1. The summed E-state index contributed by atoms with van der Waals surface area (Å²) in [5.74, 6) is 2.01. The van der Waals surface area contributed by atoms with Gasteiger partial charge in [-0.2, -0.15) is 0 Å². The predicted octanol–water partition coefficient (Wildman–Crippen LogP) is 2.07. The first-order valence-corrected chi connectivity index (χ1v) is 5.89. The van der Waals surface area contributed by atoms with Gasteiger partial charge in [0.05, 0.1) is 12.6 Å². The number of aliphatic imine (C=N–C) groups is 1. The average molecular weight is 216 g/mol. The number of para-hydroxylation sites is 1. The maximum atomic E-state index is 6.10. The number of ether oxygens (including phenoxy) is 1. The fraction of sp³-hybridized carbons (Fsp3) is 0.462. The van der Waals surface area contributed by atoms with E-state index in [1.165, 1.54) is 18.4 Å². The van der Waals surface area contributed by atoms with Gasteiger partial charge < -0.3 is 10.5 Å². The smallest absolute Gasteiger partial charge is 0.123 e. The minimum absolute atomic E-state index is 0.255. The standard InChI is InChI=1S/C13H16N2O/c14-13(15-9-5-6-9)11-7-8-16-12-4-2-1-3-10(11)12/h1-4,9,11H,5-8H2,(H2,14,15). The van der Waals surface area contributed by atoms with Crippen LogP contribution in [0.4, 0.5) is 0 Å². The average Bonchev–Trinajstić information content (AvgIpc) is 3.12. The van der Waals surface area contributed by atoms with E-state index >= 15 is 0 Å². The van der Waals surface area contributed by atoms with Crippen molar-refractivity contribution in [2.45, 2.75) is 31.2 Å². The van der Waals surface area contributed by atoms with Gasteiger partial charge in [0.1, 0.15) is 11.6 Å². The van der Waals surface area contributed by atoms with Crippen molar-refractivity contribution in [3.63, 3.8) is 0 Å². The summed E-state index contributed by atoms with van der Waals surface area (Å²) in [7, 11) is 0. The predicted molar refractivity (Wildman–Crippen MR) is 63.9 cm³/mol. The molecule has 1 aromatic rings. The van der Waals surface area contributed by atoms with Crippen LogP contribution in [0.5, 0.6) is 5.75 Å². The van der Waals surface area contributed by atoms with E-state index in [4.69, 9.17) is 10.5 Å². The summed E-state index contributed by atoms with van der Waals surface area (Å²) >= 11 is 0. The lowest BCUT2D eigenvalue weighted by Gasteiger charge is -2.25. The molecule has 1 aliphatic carbocycles. The van der Waals surface area contributed by atoms with Gasteiger partial charge >= 0.3 is 0 Å². The molecule has 3 nitrogen and oxygen atoms in total. The van der Waals surface area contributed by atoms with Gasteiger partial charge in [-0.1, -0.05) is 18.2 Å². The van der Waals surface area contributed by atoms with Crippen molar-refractivity contribution < 1.29 is 4.74 Å². The second kappa shape index (κ2) is 3.81. The second-order valence-corrected chi connectivity index (χ2v) is 4.51. The zero-order chi connectivity index (χ0) is 11.0. The Morgan fingerprint density at radius 2 is 2.06 bits per heavy atom. The Labute approximate surface area is 95.3 Å². The maximum Gasteiger partial charge on any atom is 0.123 e. The maximum absolute atomic E-state index is 6.10. The Morgan fingerprint density at radius 1 is 1.25 bits per heavy atom. The zero-order valence-corrected chi connectivity index (χ0v) is 9.23. The molecule has 2 N–H and O–H groups in total. The highest BCUT2D eigenvalue weighted by Gasteiger charge is 2.27. The minimum Gasteiger partial charge on any atom is -0.493 e. The van der Waals surface area contributed by atoms with E-state index in [-0.39, 0.29) is 5.92 Å². The SMILES string of the molecule is NC(=NC1CC1)C1CCOc2ccccc21. The molecular formula is C13H16N2O. The van der Waals surface area contributed by atoms with Crippen molar-refractivity contribution in [2.75, 3.05) is 6.61 Å². The van der Waals surface area contributed by atoms with E-state index in [9.17, 15) is 0 Å². The van der Waals surface area contributed by atoms with Crippen LogP contribution in [0, 0.1) is 0 Å². The van der Waals surface area contributed by atoms with Gasteiger partial charge in [0, 0.05) is 11.5 Å². The molecule has 3 heteroatoms. The Bertz CT molecular complexity index is 424. The molecule has 0 aromatic heterocycles. The molecule has 1 fully saturated rings. The molecule has 0 radical (unpaired) electrons. The van der Waals surface area contributed by atoms with Crippen LogP contribution >= 0.6 is 0 Å². The first-order chi connectivity index (χ1) is 7.84. The second-order valence-electron chi connectivity index (χ2n) is 4.51. The summed E-state index contributed by atoms with van der Waals surface area (Å²) in [6.45, 7) is 0.739. The minimum atomic E-state index is 0.255. The lowest BCUT2D eigenvalue weighted by Crippen LogP contribution is -2.27. The molecule has 0 saturated heterocycles. The fourth-order valence-electron chi connectivity index (χ4n) is 2.15. The molecule has 2 aliphatic rings. The largest absolute Gasteiger partial charge is 0.493 e. The van der Waals surface area contributed by atoms with Gasteiger partial charge in [0.15, 0.2) is 0 Å². The Balaban J connectivity index is 1.91. The third-order valence-corrected chi connectivity index (χ3v) is 3.19. The van der Waals surface area contributed by atoms with Crippen LogP contribution in [-0.4, -0.2) is 18.5 Å². The highest BCUT2D eigenvalue weighted by molar-refractivity contribution is 5.88. The van der Waals surface area contributed by atoms with Gasteiger partial charge in [0.25, 0.3) is 0 Å². The summed E-state index contributed by atoms with van der Waals surface area (Å²) in [6, 6.07) is 8.62. The van der Waals surface area contributed by atoms with E-state index in [1.54, 1.807) is 0 Å². The van der Waals surface area contributed by atoms with Crippen LogP contribution in [0.25, 0.3) is 0 Å². The van der Waals surface area contributed by atoms with Crippen molar-refractivity contribution in [3.05, 3.63) is 29.8 Å². The summed E-state index contributed by atoms with van der Waals surface area (Å²) < 4.78 is 5.61. The van der Waals surface area contributed by atoms with Crippen LogP contribution < -0.4 is 10.5 Å². The van der Waals surface area contributed by atoms with Crippen molar-refractivity contribution in [2.24, 2.45) is 10.7 Å². The summed E-state index contributed by atoms with van der Waals surface area (Å²) in [4.78, 5) is 4.55. The summed E-state index contributed by atoms with van der Waals surface area (Å²) in [5.41, 5.74) is 7.29. The number of amidine groups is 1. The normalized spacial score (nSPS) is 24.8. The van der Waals surface area contributed by atoms with E-state index in [1.807, 2.05) is 18.2 Å². The summed E-state index contributed by atoms with van der Waals surface area (Å²) in [6.07, 6.45) is 3.34. The molecule has 1 atom stereocenters. The molecule has 16 heavy (non-hydrogen) atoms. The first-order valence-electron chi connectivity index (χ1n) is 5.89. The van der Waals surface area contributed by atoms with E-state index in [0.717, 1.165) is 24.6 Å². The molecule has 84 valence electrons. The zero-order valence-electron chi connectivity index (χ0n) is 9.23. The number of nitrogens with zero attached hydrogens (tertiary/aromatic N) is 1. The Kier molecular flexibility index (Phi) is 2.31. The van der Waals surface area contributed by atoms with Gasteiger partial charge in [-0.25, -0.2) is 0 Å². The molecule has 0 bridgehead atoms. The Morgan fingerprint density at radius 3 is 2.88 bits per heavy atom. The number of fused-ring (bicyclic) bond motifs is 1. The summed E-state index contributed by atoms with van der Waals surface area (Å²) in [5, 5.41) is 0. The van der Waals surface area contributed by atoms with Gasteiger partial charge in [-0.3, -0.25) is 4.99 Å². The number of hydrogen-bond acceptors (Lipinski definition) is 2. The van der Waals surface area contributed by atoms with E-state index < -0.39 is 0 Å². The van der Waals surface area contributed by atoms with E-state index in [0.29, 0.717) is 6.04 Å². The first kappa shape index (κ1) is 9.70. The molecule has 1 unspecified atom stereocenters. The Hall–Kier alpha value is -1.51. The quantitative estimate of drug-likeness (QED) is 0.607. The molecule has 1 aromatic carbocycles. The van der Waals surface area contributed by atoms with Crippen LogP contribution in [0.2, 0.25) is 0 Å². The van der Waals surface area contributed by atoms with E-state index in [2.05, 4.69) is 11.1 Å². The number of nitrogens with two attached hydrogens (primary N) is 1. The molecule has 1 aliphatic heterocycles. The highest BCUT2D eigenvalue weighted by Crippen LogP contribution is 2.34. The lowest BCUT2D eigenvalue weighted by atomic mass is 9.92. The van der Waals surface area contributed by atoms with Crippen molar-refractivity contribution in [1.29, 1.82) is 0 Å². The molecular weight excluding hydrogens is 200 g/mol. The molecule has 0 amide bonds.